The van der Waals surface area contributed by atoms with Crippen molar-refractivity contribution in [1.29, 1.82) is 0 Å². The second-order valence-corrected chi connectivity index (χ2v) is 2.99. The van der Waals surface area contributed by atoms with Gasteiger partial charge >= 0.3 is 0 Å². The van der Waals surface area contributed by atoms with Gasteiger partial charge in [-0.25, -0.2) is 4.39 Å². The van der Waals surface area contributed by atoms with E-state index in [1.165, 1.54) is 6.07 Å². The lowest BCUT2D eigenvalue weighted by atomic mass is 10.2. The Hall–Kier alpha value is -1.62. The largest absolute Gasteiger partial charge is 0.507 e. The van der Waals surface area contributed by atoms with Gasteiger partial charge < -0.3 is 15.5 Å². The Morgan fingerprint density at radius 2 is 2.20 bits per heavy atom. The molecule has 1 aromatic rings. The number of aromatic hydroxyl groups is 1. The molecule has 82 valence electrons. The Bertz CT molecular complexity index is 355. The molecular formula is C10H12FNO3. The number of aliphatic hydroxyl groups excluding tert-OH is 1. The average Bonchev–Trinajstić information content (AvgIpc) is 2.17. The highest BCUT2D eigenvalue weighted by atomic mass is 19.1. The third-order valence-corrected chi connectivity index (χ3v) is 1.82. The summed E-state index contributed by atoms with van der Waals surface area (Å²) in [7, 11) is 0. The number of aliphatic hydroxyl groups is 1. The maximum atomic E-state index is 12.6. The first kappa shape index (κ1) is 11.5. The number of hydrogen-bond acceptors (Lipinski definition) is 3. The molecule has 0 aliphatic carbocycles. The molecule has 0 bridgehead atoms. The molecule has 0 aromatic heterocycles. The quantitative estimate of drug-likeness (QED) is 0.643. The van der Waals surface area contributed by atoms with Gasteiger partial charge in [-0.1, -0.05) is 0 Å². The zero-order valence-electron chi connectivity index (χ0n) is 8.03. The van der Waals surface area contributed by atoms with E-state index in [0.29, 0.717) is 13.0 Å². The monoisotopic (exact) mass is 213 g/mol. The van der Waals surface area contributed by atoms with Crippen LogP contribution in [0.4, 0.5) is 4.39 Å². The standard InChI is InChI=1S/C10H12FNO3/c11-7-2-3-8(9(14)6-7)10(15)12-4-1-5-13/h2-3,6,13-14H,1,4-5H2,(H,12,15). The molecule has 0 atom stereocenters. The highest BCUT2D eigenvalue weighted by molar-refractivity contribution is 5.96. The first-order valence-corrected chi connectivity index (χ1v) is 4.52. The van der Waals surface area contributed by atoms with Gasteiger partial charge in [-0.3, -0.25) is 4.79 Å². The first-order valence-electron chi connectivity index (χ1n) is 4.52. The summed E-state index contributed by atoms with van der Waals surface area (Å²) in [6, 6.07) is 3.18. The molecule has 0 fully saturated rings. The number of carbonyl (C=O) groups is 1. The van der Waals surface area contributed by atoms with Crippen molar-refractivity contribution in [2.45, 2.75) is 6.42 Å². The second kappa shape index (κ2) is 5.31. The number of amides is 1. The van der Waals surface area contributed by atoms with Crippen LogP contribution < -0.4 is 5.32 Å². The molecule has 0 unspecified atom stereocenters. The molecule has 15 heavy (non-hydrogen) atoms. The summed E-state index contributed by atoms with van der Waals surface area (Å²) in [5.41, 5.74) is 0.0225. The number of carbonyl (C=O) groups excluding carboxylic acids is 1. The van der Waals surface area contributed by atoms with E-state index < -0.39 is 17.5 Å². The van der Waals surface area contributed by atoms with E-state index in [0.717, 1.165) is 12.1 Å². The zero-order valence-corrected chi connectivity index (χ0v) is 8.03. The Morgan fingerprint density at radius 3 is 2.80 bits per heavy atom. The minimum absolute atomic E-state index is 0.0182. The molecule has 0 saturated heterocycles. The van der Waals surface area contributed by atoms with E-state index >= 15 is 0 Å². The minimum atomic E-state index is -0.598. The Labute approximate surface area is 86.4 Å². The number of nitrogens with one attached hydrogen (secondary N) is 1. The van der Waals surface area contributed by atoms with Crippen molar-refractivity contribution in [3.05, 3.63) is 29.6 Å². The summed E-state index contributed by atoms with van der Waals surface area (Å²) < 4.78 is 12.6. The highest BCUT2D eigenvalue weighted by Gasteiger charge is 2.10. The van der Waals surface area contributed by atoms with Gasteiger partial charge in [0.05, 0.1) is 5.56 Å². The summed E-state index contributed by atoms with van der Waals surface area (Å²) in [6.07, 6.45) is 0.438. The second-order valence-electron chi connectivity index (χ2n) is 2.99. The average molecular weight is 213 g/mol. The van der Waals surface area contributed by atoms with Crippen molar-refractivity contribution in [3.8, 4) is 5.75 Å². The van der Waals surface area contributed by atoms with Gasteiger partial charge in [-0.2, -0.15) is 0 Å². The van der Waals surface area contributed by atoms with E-state index in [9.17, 15) is 14.3 Å². The predicted octanol–water partition coefficient (Wildman–Crippen LogP) is 0.643. The number of phenolic OH excluding ortho intramolecular Hbond substituents is 1. The van der Waals surface area contributed by atoms with Crippen LogP contribution in [0.5, 0.6) is 5.75 Å². The van der Waals surface area contributed by atoms with Crippen LogP contribution in [0.2, 0.25) is 0 Å². The van der Waals surface area contributed by atoms with Crippen LogP contribution in [0.1, 0.15) is 16.8 Å². The maximum Gasteiger partial charge on any atom is 0.255 e. The van der Waals surface area contributed by atoms with E-state index in [-0.39, 0.29) is 12.2 Å². The fourth-order valence-electron chi connectivity index (χ4n) is 1.07. The van der Waals surface area contributed by atoms with Crippen LogP contribution >= 0.6 is 0 Å². The molecule has 0 heterocycles. The van der Waals surface area contributed by atoms with E-state index in [2.05, 4.69) is 5.32 Å². The molecule has 0 radical (unpaired) electrons. The van der Waals surface area contributed by atoms with Gasteiger partial charge in [0.15, 0.2) is 0 Å². The Kier molecular flexibility index (Phi) is 4.05. The number of phenols is 1. The van der Waals surface area contributed by atoms with Gasteiger partial charge in [0.2, 0.25) is 0 Å². The molecule has 3 N–H and O–H groups in total. The van der Waals surface area contributed by atoms with Crippen LogP contribution in [0, 0.1) is 5.82 Å². The van der Waals surface area contributed by atoms with Gasteiger partial charge in [0, 0.05) is 19.2 Å². The number of hydrogen-bond donors (Lipinski definition) is 3. The van der Waals surface area contributed by atoms with Crippen LogP contribution in [0.25, 0.3) is 0 Å². The third-order valence-electron chi connectivity index (χ3n) is 1.82. The molecule has 1 amide bonds. The summed E-state index contributed by atoms with van der Waals surface area (Å²) in [5, 5.41) is 20.2. The molecular weight excluding hydrogens is 201 g/mol. The molecule has 1 rings (SSSR count). The maximum absolute atomic E-state index is 12.6. The smallest absolute Gasteiger partial charge is 0.255 e. The van der Waals surface area contributed by atoms with Gasteiger partial charge in [0.25, 0.3) is 5.91 Å². The van der Waals surface area contributed by atoms with Crippen molar-refractivity contribution in [2.24, 2.45) is 0 Å². The normalized spacial score (nSPS) is 10.0. The molecule has 4 nitrogen and oxygen atoms in total. The Balaban J connectivity index is 2.65. The molecule has 1 aromatic carbocycles. The molecule has 0 aliphatic rings. The summed E-state index contributed by atoms with van der Waals surface area (Å²) >= 11 is 0. The topological polar surface area (TPSA) is 69.6 Å². The number of benzene rings is 1. The first-order chi connectivity index (χ1) is 7.15. The summed E-state index contributed by atoms with van der Waals surface area (Å²) in [4.78, 5) is 11.4. The number of rotatable bonds is 4. The van der Waals surface area contributed by atoms with Crippen LogP contribution in [-0.2, 0) is 0 Å². The van der Waals surface area contributed by atoms with Crippen LogP contribution in [-0.4, -0.2) is 29.3 Å². The van der Waals surface area contributed by atoms with Gasteiger partial charge in [-0.05, 0) is 18.6 Å². The van der Waals surface area contributed by atoms with Crippen molar-refractivity contribution < 1.29 is 19.4 Å². The SMILES string of the molecule is O=C(NCCCO)c1ccc(F)cc1O. The van der Waals surface area contributed by atoms with Crippen molar-refractivity contribution >= 4 is 5.91 Å². The fraction of sp³-hybridized carbons (Fsp3) is 0.300. The zero-order chi connectivity index (χ0) is 11.3. The predicted molar refractivity (Wildman–Crippen MR) is 52.1 cm³/mol. The number of halogens is 1. The summed E-state index contributed by atoms with van der Waals surface area (Å²) in [5.74, 6) is -1.48. The van der Waals surface area contributed by atoms with Crippen molar-refractivity contribution in [2.75, 3.05) is 13.2 Å². The van der Waals surface area contributed by atoms with Gasteiger partial charge in [-0.15, -0.1) is 0 Å². The molecule has 0 aliphatic heterocycles. The van der Waals surface area contributed by atoms with E-state index in [4.69, 9.17) is 5.11 Å². The third kappa shape index (κ3) is 3.21. The van der Waals surface area contributed by atoms with Crippen LogP contribution in [0.15, 0.2) is 18.2 Å². The lowest BCUT2D eigenvalue weighted by Gasteiger charge is -2.05. The molecule has 0 spiro atoms. The Morgan fingerprint density at radius 1 is 1.47 bits per heavy atom. The van der Waals surface area contributed by atoms with Gasteiger partial charge in [0.1, 0.15) is 11.6 Å². The minimum Gasteiger partial charge on any atom is -0.507 e. The van der Waals surface area contributed by atoms with Crippen LogP contribution in [0.3, 0.4) is 0 Å². The summed E-state index contributed by atoms with van der Waals surface area (Å²) in [6.45, 7) is 0.293. The van der Waals surface area contributed by atoms with Crippen molar-refractivity contribution in [3.63, 3.8) is 0 Å². The lowest BCUT2D eigenvalue weighted by molar-refractivity contribution is 0.0948. The molecule has 0 saturated carbocycles. The van der Waals surface area contributed by atoms with E-state index in [1.54, 1.807) is 0 Å². The highest BCUT2D eigenvalue weighted by Crippen LogP contribution is 2.17. The lowest BCUT2D eigenvalue weighted by Crippen LogP contribution is -2.25. The van der Waals surface area contributed by atoms with E-state index in [1.807, 2.05) is 0 Å². The molecule has 5 heteroatoms. The fourth-order valence-corrected chi connectivity index (χ4v) is 1.07. The van der Waals surface area contributed by atoms with Crippen molar-refractivity contribution in [1.82, 2.24) is 5.32 Å².